The van der Waals surface area contributed by atoms with Crippen LogP contribution in [0.2, 0.25) is 5.02 Å². The van der Waals surface area contributed by atoms with E-state index < -0.39 is 0 Å². The smallest absolute Gasteiger partial charge is 0.281 e. The van der Waals surface area contributed by atoms with Crippen molar-refractivity contribution in [2.45, 2.75) is 0 Å². The molecule has 1 heterocycles. The number of hydrogen-bond donors (Lipinski definition) is 1. The Kier molecular flexibility index (Phi) is 5.18. The number of halogens is 1. The summed E-state index contributed by atoms with van der Waals surface area (Å²) in [6, 6.07) is 20.9. The standard InChI is InChI=1S/C22H15ClN4O2/c23-17-10-8-16(9-11-17)21(28)26-18-5-3-4-15(12-18)13-25-27-14-24-20-7-2-1-6-19(20)22(27)29/h1-14H,(H,26,28)/b25-13+. The Bertz CT molecular complexity index is 1280. The summed E-state index contributed by atoms with van der Waals surface area (Å²) in [6.07, 6.45) is 2.92. The molecule has 0 bridgehead atoms. The predicted octanol–water partition coefficient (Wildman–Crippen LogP) is 4.18. The van der Waals surface area contributed by atoms with E-state index in [2.05, 4.69) is 15.4 Å². The van der Waals surface area contributed by atoms with Gasteiger partial charge in [0.1, 0.15) is 6.33 Å². The van der Waals surface area contributed by atoms with Crippen molar-refractivity contribution in [1.82, 2.24) is 9.66 Å². The van der Waals surface area contributed by atoms with Crippen LogP contribution in [0.5, 0.6) is 0 Å². The van der Waals surface area contributed by atoms with E-state index in [9.17, 15) is 9.59 Å². The maximum absolute atomic E-state index is 12.5. The van der Waals surface area contributed by atoms with Crippen LogP contribution in [-0.4, -0.2) is 21.8 Å². The second-order valence-corrected chi connectivity index (χ2v) is 6.68. The lowest BCUT2D eigenvalue weighted by molar-refractivity contribution is 0.102. The Labute approximate surface area is 171 Å². The molecule has 0 fully saturated rings. The van der Waals surface area contributed by atoms with Crippen LogP contribution >= 0.6 is 11.6 Å². The van der Waals surface area contributed by atoms with Crippen molar-refractivity contribution in [3.63, 3.8) is 0 Å². The third-order valence-electron chi connectivity index (χ3n) is 4.23. The van der Waals surface area contributed by atoms with Gasteiger partial charge in [0.05, 0.1) is 17.1 Å². The molecule has 4 rings (SSSR count). The fourth-order valence-corrected chi connectivity index (χ4v) is 2.90. The van der Waals surface area contributed by atoms with Crippen molar-refractivity contribution in [2.75, 3.05) is 5.32 Å². The van der Waals surface area contributed by atoms with E-state index in [0.29, 0.717) is 27.2 Å². The van der Waals surface area contributed by atoms with Gasteiger partial charge in [-0.3, -0.25) is 9.59 Å². The number of para-hydroxylation sites is 1. The second kappa shape index (κ2) is 8.08. The number of carbonyl (C=O) groups excluding carboxylic acids is 1. The first kappa shape index (κ1) is 18.6. The number of benzene rings is 3. The molecule has 1 aromatic heterocycles. The molecule has 1 N–H and O–H groups in total. The van der Waals surface area contributed by atoms with Gasteiger partial charge in [0, 0.05) is 16.3 Å². The van der Waals surface area contributed by atoms with Crippen molar-refractivity contribution in [1.29, 1.82) is 0 Å². The molecule has 3 aromatic carbocycles. The summed E-state index contributed by atoms with van der Waals surface area (Å²) in [7, 11) is 0. The minimum atomic E-state index is -0.251. The number of rotatable bonds is 4. The van der Waals surface area contributed by atoms with Crippen molar-refractivity contribution in [2.24, 2.45) is 5.10 Å². The van der Waals surface area contributed by atoms with Crippen LogP contribution in [0.4, 0.5) is 5.69 Å². The van der Waals surface area contributed by atoms with Gasteiger partial charge in [-0.25, -0.2) is 4.98 Å². The third kappa shape index (κ3) is 4.23. The minimum Gasteiger partial charge on any atom is -0.322 e. The number of nitrogens with zero attached hydrogens (tertiary/aromatic N) is 3. The number of amides is 1. The van der Waals surface area contributed by atoms with Gasteiger partial charge >= 0.3 is 0 Å². The Morgan fingerprint density at radius 1 is 1.03 bits per heavy atom. The number of fused-ring (bicyclic) bond motifs is 1. The van der Waals surface area contributed by atoms with Gasteiger partial charge in [0.25, 0.3) is 11.5 Å². The molecule has 0 spiro atoms. The highest BCUT2D eigenvalue weighted by atomic mass is 35.5. The average Bonchev–Trinajstić information content (AvgIpc) is 2.74. The van der Waals surface area contributed by atoms with Gasteiger partial charge in [-0.15, -0.1) is 0 Å². The fraction of sp³-hybridized carbons (Fsp3) is 0. The van der Waals surface area contributed by atoms with Crippen molar-refractivity contribution < 1.29 is 4.79 Å². The number of anilines is 1. The molecule has 29 heavy (non-hydrogen) atoms. The zero-order valence-electron chi connectivity index (χ0n) is 15.1. The van der Waals surface area contributed by atoms with E-state index in [1.54, 1.807) is 60.7 Å². The Hall–Kier alpha value is -3.77. The summed E-state index contributed by atoms with van der Waals surface area (Å²) < 4.78 is 1.18. The number of nitrogens with one attached hydrogen (secondary N) is 1. The SMILES string of the molecule is O=C(Nc1cccc(/C=N/n2cnc3ccccc3c2=O)c1)c1ccc(Cl)cc1. The Balaban J connectivity index is 1.55. The topological polar surface area (TPSA) is 76.3 Å². The lowest BCUT2D eigenvalue weighted by Gasteiger charge is -2.06. The van der Waals surface area contributed by atoms with Crippen LogP contribution < -0.4 is 10.9 Å². The van der Waals surface area contributed by atoms with Gasteiger partial charge in [0.2, 0.25) is 0 Å². The molecule has 0 aliphatic rings. The van der Waals surface area contributed by atoms with Crippen LogP contribution in [0.15, 0.2) is 89.0 Å². The highest BCUT2D eigenvalue weighted by molar-refractivity contribution is 6.30. The first-order valence-electron chi connectivity index (χ1n) is 8.78. The van der Waals surface area contributed by atoms with Crippen LogP contribution in [0.25, 0.3) is 10.9 Å². The lowest BCUT2D eigenvalue weighted by atomic mass is 10.2. The molecule has 0 radical (unpaired) electrons. The second-order valence-electron chi connectivity index (χ2n) is 6.24. The molecule has 6 nitrogen and oxygen atoms in total. The third-order valence-corrected chi connectivity index (χ3v) is 4.48. The highest BCUT2D eigenvalue weighted by Crippen LogP contribution is 2.14. The van der Waals surface area contributed by atoms with Gasteiger partial charge in [-0.2, -0.15) is 9.78 Å². The largest absolute Gasteiger partial charge is 0.322 e. The van der Waals surface area contributed by atoms with Crippen LogP contribution in [0.1, 0.15) is 15.9 Å². The maximum Gasteiger partial charge on any atom is 0.281 e. The molecular formula is C22H15ClN4O2. The predicted molar refractivity (Wildman–Crippen MR) is 115 cm³/mol. The first-order chi connectivity index (χ1) is 14.1. The van der Waals surface area contributed by atoms with E-state index in [1.165, 1.54) is 17.2 Å². The van der Waals surface area contributed by atoms with E-state index in [4.69, 9.17) is 11.6 Å². The zero-order valence-corrected chi connectivity index (χ0v) is 15.9. The molecule has 4 aromatic rings. The number of hydrogen-bond acceptors (Lipinski definition) is 4. The maximum atomic E-state index is 12.5. The summed E-state index contributed by atoms with van der Waals surface area (Å²) in [5, 5.41) is 8.10. The van der Waals surface area contributed by atoms with Crippen molar-refractivity contribution in [3.05, 3.63) is 106 Å². The molecule has 0 aliphatic heterocycles. The lowest BCUT2D eigenvalue weighted by Crippen LogP contribution is -2.17. The number of aromatic nitrogens is 2. The average molecular weight is 403 g/mol. The Morgan fingerprint density at radius 2 is 1.83 bits per heavy atom. The fourth-order valence-electron chi connectivity index (χ4n) is 2.77. The van der Waals surface area contributed by atoms with E-state index in [0.717, 1.165) is 5.56 Å². The normalized spacial score (nSPS) is 11.1. The molecule has 0 saturated heterocycles. The summed E-state index contributed by atoms with van der Waals surface area (Å²) in [6.45, 7) is 0. The zero-order chi connectivity index (χ0) is 20.2. The summed E-state index contributed by atoms with van der Waals surface area (Å²) in [5.41, 5.74) is 2.20. The van der Waals surface area contributed by atoms with Crippen LogP contribution in [-0.2, 0) is 0 Å². The minimum absolute atomic E-state index is 0.245. The number of carbonyl (C=O) groups is 1. The first-order valence-corrected chi connectivity index (χ1v) is 9.16. The van der Waals surface area contributed by atoms with Crippen molar-refractivity contribution in [3.8, 4) is 0 Å². The van der Waals surface area contributed by atoms with E-state index in [1.807, 2.05) is 12.1 Å². The molecule has 0 aliphatic carbocycles. The summed E-state index contributed by atoms with van der Waals surface area (Å²) in [5.74, 6) is -0.245. The quantitative estimate of drug-likeness (QED) is 0.520. The summed E-state index contributed by atoms with van der Waals surface area (Å²) >= 11 is 5.85. The summed E-state index contributed by atoms with van der Waals surface area (Å²) in [4.78, 5) is 29.1. The van der Waals surface area contributed by atoms with Gasteiger partial charge in [-0.1, -0.05) is 35.9 Å². The highest BCUT2D eigenvalue weighted by Gasteiger charge is 2.06. The molecule has 1 amide bonds. The van der Waals surface area contributed by atoms with Crippen LogP contribution in [0, 0.1) is 0 Å². The molecule has 0 unspecified atom stereocenters. The molecule has 0 atom stereocenters. The monoisotopic (exact) mass is 402 g/mol. The van der Waals surface area contributed by atoms with Gasteiger partial charge < -0.3 is 5.32 Å². The van der Waals surface area contributed by atoms with Gasteiger partial charge in [-0.05, 0) is 54.1 Å². The van der Waals surface area contributed by atoms with Crippen LogP contribution in [0.3, 0.4) is 0 Å². The molecule has 0 saturated carbocycles. The molecular weight excluding hydrogens is 388 g/mol. The van der Waals surface area contributed by atoms with E-state index >= 15 is 0 Å². The molecule has 142 valence electrons. The van der Waals surface area contributed by atoms with E-state index in [-0.39, 0.29) is 11.5 Å². The van der Waals surface area contributed by atoms with Gasteiger partial charge in [0.15, 0.2) is 0 Å². The Morgan fingerprint density at radius 3 is 2.66 bits per heavy atom. The van der Waals surface area contributed by atoms with Crippen molar-refractivity contribution >= 4 is 40.3 Å². The molecule has 7 heteroatoms.